The van der Waals surface area contributed by atoms with Crippen LogP contribution in [0.4, 0.5) is 0 Å². The summed E-state index contributed by atoms with van der Waals surface area (Å²) < 4.78 is 3.28. The lowest BCUT2D eigenvalue weighted by atomic mass is 10.2. The molecule has 2 heterocycles. The second-order valence-electron chi connectivity index (χ2n) is 5.05. The van der Waals surface area contributed by atoms with Crippen LogP contribution in [0.3, 0.4) is 0 Å². The standard InChI is InChI=1S/C15H15N3S/c1-2-12(1)16-10-13-5-7-18(17-13)14-3-4-15-11(9-14)6-8-19-15/h3-9,12,16H,1-2,10H2. The van der Waals surface area contributed by atoms with E-state index in [9.17, 15) is 0 Å². The van der Waals surface area contributed by atoms with Gasteiger partial charge in [-0.15, -0.1) is 11.3 Å². The Hall–Kier alpha value is -1.65. The average Bonchev–Trinajstić information content (AvgIpc) is 2.96. The van der Waals surface area contributed by atoms with E-state index < -0.39 is 0 Å². The second-order valence-corrected chi connectivity index (χ2v) is 6.00. The third-order valence-electron chi connectivity index (χ3n) is 3.49. The van der Waals surface area contributed by atoms with Crippen LogP contribution in [-0.2, 0) is 6.54 Å². The third kappa shape index (κ3) is 2.29. The van der Waals surface area contributed by atoms with Gasteiger partial charge in [0, 0.05) is 23.5 Å². The Bertz CT molecular complexity index is 709. The number of fused-ring (bicyclic) bond motifs is 1. The largest absolute Gasteiger partial charge is 0.308 e. The van der Waals surface area contributed by atoms with E-state index in [1.165, 1.54) is 22.9 Å². The molecule has 3 nitrogen and oxygen atoms in total. The third-order valence-corrected chi connectivity index (χ3v) is 4.39. The SMILES string of the molecule is c1cc2cc(-n3ccc(CNC4CC4)n3)ccc2s1. The summed E-state index contributed by atoms with van der Waals surface area (Å²) in [4.78, 5) is 0. The molecular formula is C15H15N3S. The fourth-order valence-electron chi connectivity index (χ4n) is 2.23. The lowest BCUT2D eigenvalue weighted by Crippen LogP contribution is -2.15. The zero-order valence-electron chi connectivity index (χ0n) is 10.5. The highest BCUT2D eigenvalue weighted by atomic mass is 32.1. The first-order valence-corrected chi connectivity index (χ1v) is 7.52. The fraction of sp³-hybridized carbons (Fsp3) is 0.267. The van der Waals surface area contributed by atoms with Crippen LogP contribution in [0.2, 0.25) is 0 Å². The number of hydrogen-bond acceptors (Lipinski definition) is 3. The molecule has 1 fully saturated rings. The summed E-state index contributed by atoms with van der Waals surface area (Å²) >= 11 is 1.78. The van der Waals surface area contributed by atoms with Crippen molar-refractivity contribution < 1.29 is 0 Å². The average molecular weight is 269 g/mol. The van der Waals surface area contributed by atoms with Gasteiger partial charge < -0.3 is 5.32 Å². The number of nitrogens with zero attached hydrogens (tertiary/aromatic N) is 2. The van der Waals surface area contributed by atoms with Crippen LogP contribution in [-0.4, -0.2) is 15.8 Å². The minimum absolute atomic E-state index is 0.729. The number of nitrogens with one attached hydrogen (secondary N) is 1. The van der Waals surface area contributed by atoms with E-state index in [4.69, 9.17) is 0 Å². The van der Waals surface area contributed by atoms with Crippen molar-refractivity contribution in [2.24, 2.45) is 0 Å². The van der Waals surface area contributed by atoms with Crippen molar-refractivity contribution in [3.63, 3.8) is 0 Å². The topological polar surface area (TPSA) is 29.9 Å². The maximum atomic E-state index is 4.63. The molecule has 0 amide bonds. The zero-order chi connectivity index (χ0) is 12.7. The van der Waals surface area contributed by atoms with E-state index in [0.717, 1.165) is 24.0 Å². The molecule has 1 saturated carbocycles. The molecule has 0 aliphatic heterocycles. The van der Waals surface area contributed by atoms with Gasteiger partial charge in [0.1, 0.15) is 0 Å². The molecule has 96 valence electrons. The Labute approximate surface area is 115 Å². The van der Waals surface area contributed by atoms with Crippen molar-refractivity contribution in [1.29, 1.82) is 0 Å². The van der Waals surface area contributed by atoms with E-state index in [1.54, 1.807) is 11.3 Å². The Morgan fingerprint density at radius 2 is 2.21 bits per heavy atom. The molecule has 19 heavy (non-hydrogen) atoms. The number of aromatic nitrogens is 2. The maximum absolute atomic E-state index is 4.63. The molecule has 0 saturated heterocycles. The van der Waals surface area contributed by atoms with Gasteiger partial charge in [0.15, 0.2) is 0 Å². The first-order valence-electron chi connectivity index (χ1n) is 6.64. The molecule has 0 unspecified atom stereocenters. The molecule has 1 aliphatic carbocycles. The lowest BCUT2D eigenvalue weighted by Gasteiger charge is -2.02. The molecule has 0 atom stereocenters. The van der Waals surface area contributed by atoms with Crippen LogP contribution in [0.5, 0.6) is 0 Å². The smallest absolute Gasteiger partial charge is 0.0766 e. The predicted molar refractivity (Wildman–Crippen MR) is 78.8 cm³/mol. The van der Waals surface area contributed by atoms with Gasteiger partial charge in [0.05, 0.1) is 11.4 Å². The van der Waals surface area contributed by atoms with Gasteiger partial charge in [-0.1, -0.05) is 0 Å². The van der Waals surface area contributed by atoms with E-state index in [0.29, 0.717) is 0 Å². The molecule has 3 aromatic rings. The summed E-state index contributed by atoms with van der Waals surface area (Å²) in [5.74, 6) is 0. The van der Waals surface area contributed by atoms with Gasteiger partial charge in [-0.2, -0.15) is 5.10 Å². The summed E-state index contributed by atoms with van der Waals surface area (Å²) in [6.07, 6.45) is 4.67. The summed E-state index contributed by atoms with van der Waals surface area (Å²) in [5, 5.41) is 11.5. The van der Waals surface area contributed by atoms with Crippen LogP contribution >= 0.6 is 11.3 Å². The number of benzene rings is 1. The zero-order valence-corrected chi connectivity index (χ0v) is 11.4. The molecule has 0 bridgehead atoms. The highest BCUT2D eigenvalue weighted by molar-refractivity contribution is 7.17. The van der Waals surface area contributed by atoms with Gasteiger partial charge in [0.2, 0.25) is 0 Å². The molecule has 1 N–H and O–H groups in total. The molecule has 0 radical (unpaired) electrons. The van der Waals surface area contributed by atoms with Crippen LogP contribution < -0.4 is 5.32 Å². The molecule has 4 heteroatoms. The Kier molecular flexibility index (Phi) is 2.64. The van der Waals surface area contributed by atoms with Gasteiger partial charge in [0.25, 0.3) is 0 Å². The van der Waals surface area contributed by atoms with Crippen molar-refractivity contribution in [1.82, 2.24) is 15.1 Å². The summed E-state index contributed by atoms with van der Waals surface area (Å²) in [7, 11) is 0. The van der Waals surface area contributed by atoms with Crippen LogP contribution in [0.15, 0.2) is 41.9 Å². The van der Waals surface area contributed by atoms with Crippen LogP contribution in [0.25, 0.3) is 15.8 Å². The van der Waals surface area contributed by atoms with E-state index in [-0.39, 0.29) is 0 Å². The highest BCUT2D eigenvalue weighted by Gasteiger charge is 2.20. The van der Waals surface area contributed by atoms with E-state index in [1.807, 2.05) is 10.9 Å². The Morgan fingerprint density at radius 1 is 1.26 bits per heavy atom. The van der Waals surface area contributed by atoms with Gasteiger partial charge in [-0.05, 0) is 53.9 Å². The minimum atomic E-state index is 0.729. The normalized spacial score (nSPS) is 15.2. The van der Waals surface area contributed by atoms with Crippen molar-refractivity contribution >= 4 is 21.4 Å². The summed E-state index contributed by atoms with van der Waals surface area (Å²) in [5.41, 5.74) is 2.24. The molecule has 2 aromatic heterocycles. The second kappa shape index (κ2) is 4.47. The highest BCUT2D eigenvalue weighted by Crippen LogP contribution is 2.23. The van der Waals surface area contributed by atoms with Crippen LogP contribution in [0, 0.1) is 0 Å². The summed E-state index contributed by atoms with van der Waals surface area (Å²) in [6.45, 7) is 0.873. The van der Waals surface area contributed by atoms with Crippen molar-refractivity contribution in [2.45, 2.75) is 25.4 Å². The molecule has 0 spiro atoms. The number of hydrogen-bond donors (Lipinski definition) is 1. The quantitative estimate of drug-likeness (QED) is 0.787. The van der Waals surface area contributed by atoms with Gasteiger partial charge >= 0.3 is 0 Å². The lowest BCUT2D eigenvalue weighted by molar-refractivity contribution is 0.665. The van der Waals surface area contributed by atoms with Gasteiger partial charge in [-0.3, -0.25) is 0 Å². The first-order chi connectivity index (χ1) is 9.38. The molecular weight excluding hydrogens is 254 g/mol. The first kappa shape index (κ1) is 11.2. The predicted octanol–water partition coefficient (Wildman–Crippen LogP) is 3.34. The van der Waals surface area contributed by atoms with E-state index >= 15 is 0 Å². The van der Waals surface area contributed by atoms with E-state index in [2.05, 4.69) is 46.1 Å². The monoisotopic (exact) mass is 269 g/mol. The number of thiophene rings is 1. The minimum Gasteiger partial charge on any atom is -0.308 e. The molecule has 1 aliphatic rings. The number of rotatable bonds is 4. The van der Waals surface area contributed by atoms with Crippen LogP contribution in [0.1, 0.15) is 18.5 Å². The van der Waals surface area contributed by atoms with Crippen molar-refractivity contribution in [3.8, 4) is 5.69 Å². The summed E-state index contributed by atoms with van der Waals surface area (Å²) in [6, 6.07) is 11.5. The molecule has 4 rings (SSSR count). The Balaban J connectivity index is 1.59. The fourth-order valence-corrected chi connectivity index (χ4v) is 3.00. The van der Waals surface area contributed by atoms with Gasteiger partial charge in [-0.25, -0.2) is 4.68 Å². The molecule has 1 aromatic carbocycles. The Morgan fingerprint density at radius 3 is 3.11 bits per heavy atom. The maximum Gasteiger partial charge on any atom is 0.0766 e. The van der Waals surface area contributed by atoms with Crippen molar-refractivity contribution in [3.05, 3.63) is 47.6 Å². The van der Waals surface area contributed by atoms with Crippen molar-refractivity contribution in [2.75, 3.05) is 0 Å².